The quantitative estimate of drug-likeness (QED) is 0.519. The van der Waals surface area contributed by atoms with Gasteiger partial charge < -0.3 is 14.6 Å². The molecule has 0 spiro atoms. The molecule has 0 unspecified atom stereocenters. The number of benzene rings is 3. The van der Waals surface area contributed by atoms with Crippen LogP contribution in [0.5, 0.6) is 5.75 Å². The van der Waals surface area contributed by atoms with Gasteiger partial charge in [0.1, 0.15) is 11.9 Å². The molecular weight excluding hydrogens is 396 g/mol. The van der Waals surface area contributed by atoms with Crippen LogP contribution >= 0.6 is 0 Å². The van der Waals surface area contributed by atoms with Gasteiger partial charge in [0.2, 0.25) is 0 Å². The first-order chi connectivity index (χ1) is 15.7. The molecule has 2 aliphatic rings. The van der Waals surface area contributed by atoms with E-state index < -0.39 is 0 Å². The number of fused-ring (bicyclic) bond motifs is 1. The molecule has 2 atom stereocenters. The molecule has 1 N–H and O–H groups in total. The van der Waals surface area contributed by atoms with Crippen molar-refractivity contribution < 1.29 is 14.6 Å². The van der Waals surface area contributed by atoms with Crippen LogP contribution in [0.1, 0.15) is 58.9 Å². The molecule has 3 heteroatoms. The second kappa shape index (κ2) is 9.48. The first-order valence-corrected chi connectivity index (χ1v) is 11.8. The summed E-state index contributed by atoms with van der Waals surface area (Å²) >= 11 is 0. The third-order valence-corrected chi connectivity index (χ3v) is 7.03. The van der Waals surface area contributed by atoms with Crippen LogP contribution in [0, 0.1) is 6.92 Å². The lowest BCUT2D eigenvalue weighted by atomic mass is 9.69. The number of aryl methyl sites for hydroxylation is 2. The lowest BCUT2D eigenvalue weighted by Crippen LogP contribution is -2.39. The Morgan fingerprint density at radius 3 is 2.41 bits per heavy atom. The fourth-order valence-corrected chi connectivity index (χ4v) is 5.34. The molecule has 0 heterocycles. The van der Waals surface area contributed by atoms with Gasteiger partial charge in [-0.3, -0.25) is 0 Å². The van der Waals surface area contributed by atoms with E-state index in [0.717, 1.165) is 25.0 Å². The summed E-state index contributed by atoms with van der Waals surface area (Å²) in [6.45, 7) is 2.68. The van der Waals surface area contributed by atoms with Crippen molar-refractivity contribution in [2.24, 2.45) is 0 Å². The summed E-state index contributed by atoms with van der Waals surface area (Å²) in [5, 5.41) is 8.88. The van der Waals surface area contributed by atoms with Crippen LogP contribution in [0.2, 0.25) is 0 Å². The highest BCUT2D eigenvalue weighted by molar-refractivity contribution is 5.47. The fourth-order valence-electron chi connectivity index (χ4n) is 5.34. The minimum absolute atomic E-state index is 0.0807. The number of ether oxygens (including phenoxy) is 2. The third kappa shape index (κ3) is 4.46. The average molecular weight is 429 g/mol. The predicted octanol–water partition coefficient (Wildman–Crippen LogP) is 5.78. The Labute approximate surface area is 191 Å². The summed E-state index contributed by atoms with van der Waals surface area (Å²) in [6, 6.07) is 26.7. The van der Waals surface area contributed by atoms with Crippen LogP contribution in [-0.4, -0.2) is 30.5 Å². The van der Waals surface area contributed by atoms with Crippen LogP contribution in [0.4, 0.5) is 0 Å². The molecule has 0 radical (unpaired) electrons. The second-order valence-corrected chi connectivity index (χ2v) is 9.23. The first-order valence-electron chi connectivity index (χ1n) is 11.8. The maximum atomic E-state index is 8.88. The van der Waals surface area contributed by atoms with Gasteiger partial charge in [0.15, 0.2) is 0 Å². The van der Waals surface area contributed by atoms with Crippen LogP contribution in [0.25, 0.3) is 0 Å². The molecule has 1 saturated carbocycles. The summed E-state index contributed by atoms with van der Waals surface area (Å²) in [6.07, 6.45) is 4.52. The molecule has 0 saturated heterocycles. The smallest absolute Gasteiger partial charge is 0.119 e. The van der Waals surface area contributed by atoms with E-state index in [1.807, 2.05) is 0 Å². The van der Waals surface area contributed by atoms with Crippen LogP contribution in [0.3, 0.4) is 0 Å². The number of aliphatic hydroxyl groups is 1. The summed E-state index contributed by atoms with van der Waals surface area (Å²) < 4.78 is 11.7. The Balaban J connectivity index is 1.36. The summed E-state index contributed by atoms with van der Waals surface area (Å²) in [4.78, 5) is 0. The van der Waals surface area contributed by atoms with Gasteiger partial charge in [-0.2, -0.15) is 0 Å². The molecule has 3 aromatic carbocycles. The maximum Gasteiger partial charge on any atom is 0.119 e. The van der Waals surface area contributed by atoms with Crippen molar-refractivity contribution in [3.63, 3.8) is 0 Å². The number of rotatable bonds is 7. The van der Waals surface area contributed by atoms with Gasteiger partial charge in [-0.05, 0) is 60.1 Å². The molecule has 166 valence electrons. The van der Waals surface area contributed by atoms with Gasteiger partial charge in [-0.1, -0.05) is 66.2 Å². The third-order valence-electron chi connectivity index (χ3n) is 7.03. The highest BCUT2D eigenvalue weighted by Crippen LogP contribution is 2.46. The standard InChI is InChI=1S/C29H32O3/c1-20-7-13-28-23(17-20)10-14-27(21-5-3-2-4-6-21)29(28)22-8-11-24(12-9-22)32-26-18-25(19-26)31-16-15-30/h2-9,11-13,17,25-27,29-30H,10,14-16,18-19H2,1H3/t25?,26?,27-,29+/m1/s1. The molecule has 1 fully saturated rings. The lowest BCUT2D eigenvalue weighted by Gasteiger charge is -2.36. The molecular formula is C29H32O3. The number of aliphatic hydroxyl groups excluding tert-OH is 1. The largest absolute Gasteiger partial charge is 0.490 e. The van der Waals surface area contributed by atoms with Crippen molar-refractivity contribution in [2.75, 3.05) is 13.2 Å². The number of hydrogen-bond donors (Lipinski definition) is 1. The highest BCUT2D eigenvalue weighted by Gasteiger charge is 2.33. The molecule has 0 bridgehead atoms. The normalized spacial score (nSPS) is 24.4. The monoisotopic (exact) mass is 428 g/mol. The van der Waals surface area contributed by atoms with E-state index in [9.17, 15) is 0 Å². The molecule has 0 amide bonds. The molecule has 5 rings (SSSR count). The second-order valence-electron chi connectivity index (χ2n) is 9.23. The zero-order valence-electron chi connectivity index (χ0n) is 18.7. The molecule has 3 aromatic rings. The Hall–Kier alpha value is -2.62. The van der Waals surface area contributed by atoms with Gasteiger partial charge in [0, 0.05) is 18.8 Å². The summed E-state index contributed by atoms with van der Waals surface area (Å²) in [7, 11) is 0. The lowest BCUT2D eigenvalue weighted by molar-refractivity contribution is -0.0688. The topological polar surface area (TPSA) is 38.7 Å². The van der Waals surface area contributed by atoms with E-state index in [1.54, 1.807) is 0 Å². The van der Waals surface area contributed by atoms with Crippen molar-refractivity contribution in [2.45, 2.75) is 56.7 Å². The van der Waals surface area contributed by atoms with Gasteiger partial charge in [0.25, 0.3) is 0 Å². The molecule has 0 aromatic heterocycles. The van der Waals surface area contributed by atoms with Gasteiger partial charge in [0.05, 0.1) is 19.3 Å². The molecule has 32 heavy (non-hydrogen) atoms. The van der Waals surface area contributed by atoms with Crippen molar-refractivity contribution in [1.29, 1.82) is 0 Å². The SMILES string of the molecule is Cc1ccc2c(c1)CC[C@H](c1ccccc1)[C@@H]2c1ccc(OC2CC(OCCO)C2)cc1. The maximum absolute atomic E-state index is 8.88. The number of hydrogen-bond acceptors (Lipinski definition) is 3. The van der Waals surface area contributed by atoms with E-state index in [-0.39, 0.29) is 18.8 Å². The van der Waals surface area contributed by atoms with Gasteiger partial charge in [-0.15, -0.1) is 0 Å². The van der Waals surface area contributed by atoms with Crippen molar-refractivity contribution >= 4 is 0 Å². The Morgan fingerprint density at radius 1 is 0.875 bits per heavy atom. The summed E-state index contributed by atoms with van der Waals surface area (Å²) in [5.41, 5.74) is 7.07. The van der Waals surface area contributed by atoms with E-state index >= 15 is 0 Å². The van der Waals surface area contributed by atoms with Crippen molar-refractivity contribution in [1.82, 2.24) is 0 Å². The predicted molar refractivity (Wildman–Crippen MR) is 127 cm³/mol. The Kier molecular flexibility index (Phi) is 6.29. The van der Waals surface area contributed by atoms with E-state index in [4.69, 9.17) is 14.6 Å². The average Bonchev–Trinajstić information content (AvgIpc) is 2.80. The minimum Gasteiger partial charge on any atom is -0.490 e. The van der Waals surface area contributed by atoms with E-state index in [2.05, 4.69) is 79.7 Å². The van der Waals surface area contributed by atoms with Crippen LogP contribution in [-0.2, 0) is 11.2 Å². The Morgan fingerprint density at radius 2 is 1.66 bits per heavy atom. The zero-order valence-corrected chi connectivity index (χ0v) is 18.7. The molecule has 0 aliphatic heterocycles. The first kappa shape index (κ1) is 21.2. The van der Waals surface area contributed by atoms with E-state index in [0.29, 0.717) is 18.4 Å². The van der Waals surface area contributed by atoms with E-state index in [1.165, 1.54) is 34.2 Å². The summed E-state index contributed by atoms with van der Waals surface area (Å²) in [5.74, 6) is 1.76. The zero-order chi connectivity index (χ0) is 21.9. The fraction of sp³-hybridized carbons (Fsp3) is 0.379. The molecule has 3 nitrogen and oxygen atoms in total. The van der Waals surface area contributed by atoms with Crippen molar-refractivity contribution in [3.05, 3.63) is 101 Å². The van der Waals surface area contributed by atoms with Crippen LogP contribution in [0.15, 0.2) is 72.8 Å². The van der Waals surface area contributed by atoms with Gasteiger partial charge in [-0.25, -0.2) is 0 Å². The highest BCUT2D eigenvalue weighted by atomic mass is 16.5. The van der Waals surface area contributed by atoms with Gasteiger partial charge >= 0.3 is 0 Å². The van der Waals surface area contributed by atoms with Crippen molar-refractivity contribution in [3.8, 4) is 5.75 Å². The minimum atomic E-state index is 0.0807. The van der Waals surface area contributed by atoms with Crippen LogP contribution < -0.4 is 4.74 Å². The molecule has 2 aliphatic carbocycles. The Bertz CT molecular complexity index is 1020.